The number of carbonyl (C=O) groups excluding carboxylic acids is 1. The minimum atomic E-state index is -0.460. The van der Waals surface area contributed by atoms with E-state index in [0.29, 0.717) is 0 Å². The zero-order valence-electron chi connectivity index (χ0n) is 11.8. The SMILES string of the molecule is C=Cc1ccc2c(c1)CC[C@@H]2NC(=O)OC(C)(C)C. The van der Waals surface area contributed by atoms with E-state index >= 15 is 0 Å². The van der Waals surface area contributed by atoms with Crippen LogP contribution in [0.5, 0.6) is 0 Å². The summed E-state index contributed by atoms with van der Waals surface area (Å²) in [5.41, 5.74) is 3.14. The number of ether oxygens (including phenoxy) is 1. The number of amides is 1. The number of benzene rings is 1. The van der Waals surface area contributed by atoms with Crippen LogP contribution in [0.1, 0.15) is 49.9 Å². The van der Waals surface area contributed by atoms with Gasteiger partial charge in [0.25, 0.3) is 0 Å². The van der Waals surface area contributed by atoms with Crippen LogP contribution in [0.2, 0.25) is 0 Å². The fraction of sp³-hybridized carbons (Fsp3) is 0.438. The summed E-state index contributed by atoms with van der Waals surface area (Å²) in [5, 5.41) is 2.94. The van der Waals surface area contributed by atoms with Crippen LogP contribution in [-0.2, 0) is 11.2 Å². The maximum Gasteiger partial charge on any atom is 0.408 e. The molecule has 0 saturated carbocycles. The van der Waals surface area contributed by atoms with Crippen LogP contribution < -0.4 is 5.32 Å². The topological polar surface area (TPSA) is 38.3 Å². The highest BCUT2D eigenvalue weighted by atomic mass is 16.6. The van der Waals surface area contributed by atoms with E-state index in [-0.39, 0.29) is 12.1 Å². The van der Waals surface area contributed by atoms with Crippen LogP contribution in [0.4, 0.5) is 4.79 Å². The fourth-order valence-electron chi connectivity index (χ4n) is 2.36. The molecule has 19 heavy (non-hydrogen) atoms. The summed E-state index contributed by atoms with van der Waals surface area (Å²) in [7, 11) is 0. The smallest absolute Gasteiger partial charge is 0.408 e. The molecule has 0 aliphatic heterocycles. The second-order valence-corrected chi connectivity index (χ2v) is 5.90. The first-order valence-corrected chi connectivity index (χ1v) is 6.64. The van der Waals surface area contributed by atoms with Gasteiger partial charge in [0, 0.05) is 0 Å². The van der Waals surface area contributed by atoms with Gasteiger partial charge in [-0.05, 0) is 50.3 Å². The van der Waals surface area contributed by atoms with Crippen molar-refractivity contribution >= 4 is 12.2 Å². The Labute approximate surface area is 114 Å². The number of hydrogen-bond donors (Lipinski definition) is 1. The Hall–Kier alpha value is -1.77. The number of rotatable bonds is 2. The molecule has 0 saturated heterocycles. The molecule has 0 spiro atoms. The van der Waals surface area contributed by atoms with Gasteiger partial charge in [-0.15, -0.1) is 0 Å². The van der Waals surface area contributed by atoms with Crippen molar-refractivity contribution in [1.82, 2.24) is 5.32 Å². The zero-order valence-corrected chi connectivity index (χ0v) is 11.8. The lowest BCUT2D eigenvalue weighted by Gasteiger charge is -2.22. The minimum absolute atomic E-state index is 0.0590. The third kappa shape index (κ3) is 3.37. The summed E-state index contributed by atoms with van der Waals surface area (Å²) in [5.74, 6) is 0. The average Bonchev–Trinajstić information content (AvgIpc) is 2.69. The van der Waals surface area contributed by atoms with Crippen LogP contribution in [0, 0.1) is 0 Å². The first-order chi connectivity index (χ1) is 8.89. The summed E-state index contributed by atoms with van der Waals surface area (Å²) in [6.45, 7) is 9.37. The highest BCUT2D eigenvalue weighted by Crippen LogP contribution is 2.32. The van der Waals surface area contributed by atoms with Crippen LogP contribution >= 0.6 is 0 Å². The number of hydrogen-bond acceptors (Lipinski definition) is 2. The first kappa shape index (κ1) is 13.7. The standard InChI is InChI=1S/C16H21NO2/c1-5-11-6-8-13-12(10-11)7-9-14(13)17-15(18)19-16(2,3)4/h5-6,8,10,14H,1,7,9H2,2-4H3,(H,17,18)/t14-/m0/s1. The first-order valence-electron chi connectivity index (χ1n) is 6.64. The van der Waals surface area contributed by atoms with Crippen molar-refractivity contribution in [3.63, 3.8) is 0 Å². The Morgan fingerprint density at radius 1 is 1.47 bits per heavy atom. The lowest BCUT2D eigenvalue weighted by atomic mass is 10.0. The maximum atomic E-state index is 11.8. The predicted octanol–water partition coefficient (Wildman–Crippen LogP) is 3.84. The molecule has 1 aromatic carbocycles. The quantitative estimate of drug-likeness (QED) is 0.876. The van der Waals surface area contributed by atoms with Gasteiger partial charge >= 0.3 is 6.09 Å². The summed E-state index contributed by atoms with van der Waals surface area (Å²) in [6.07, 6.45) is 3.40. The Morgan fingerprint density at radius 2 is 2.21 bits per heavy atom. The summed E-state index contributed by atoms with van der Waals surface area (Å²) in [6, 6.07) is 6.30. The van der Waals surface area contributed by atoms with Gasteiger partial charge in [0.15, 0.2) is 0 Å². The second kappa shape index (κ2) is 5.08. The van der Waals surface area contributed by atoms with Gasteiger partial charge in [-0.3, -0.25) is 0 Å². The molecule has 0 fully saturated rings. The second-order valence-electron chi connectivity index (χ2n) is 5.90. The molecule has 102 valence electrons. The predicted molar refractivity (Wildman–Crippen MR) is 77.0 cm³/mol. The largest absolute Gasteiger partial charge is 0.444 e. The van der Waals surface area contributed by atoms with Crippen LogP contribution in [0.3, 0.4) is 0 Å². The molecule has 1 atom stereocenters. The normalized spacial score (nSPS) is 17.7. The third-order valence-electron chi connectivity index (χ3n) is 3.17. The lowest BCUT2D eigenvalue weighted by Crippen LogP contribution is -2.34. The summed E-state index contributed by atoms with van der Waals surface area (Å²) >= 11 is 0. The van der Waals surface area contributed by atoms with Crippen LogP contribution in [0.15, 0.2) is 24.8 Å². The van der Waals surface area contributed by atoms with Crippen molar-refractivity contribution < 1.29 is 9.53 Å². The van der Waals surface area contributed by atoms with Crippen molar-refractivity contribution in [3.8, 4) is 0 Å². The number of nitrogens with one attached hydrogen (secondary N) is 1. The molecule has 1 aliphatic rings. The number of fused-ring (bicyclic) bond motifs is 1. The molecule has 3 heteroatoms. The molecule has 0 heterocycles. The molecule has 1 aliphatic carbocycles. The van der Waals surface area contributed by atoms with Gasteiger partial charge in [-0.2, -0.15) is 0 Å². The third-order valence-corrected chi connectivity index (χ3v) is 3.17. The van der Waals surface area contributed by atoms with Crippen LogP contribution in [0.25, 0.3) is 6.08 Å². The Kier molecular flexibility index (Phi) is 3.65. The van der Waals surface area contributed by atoms with E-state index in [4.69, 9.17) is 4.74 Å². The zero-order chi connectivity index (χ0) is 14.0. The highest BCUT2D eigenvalue weighted by molar-refractivity contribution is 5.69. The van der Waals surface area contributed by atoms with E-state index in [9.17, 15) is 4.79 Å². The highest BCUT2D eigenvalue weighted by Gasteiger charge is 2.26. The molecular weight excluding hydrogens is 238 g/mol. The molecule has 2 rings (SSSR count). The van der Waals surface area contributed by atoms with Gasteiger partial charge in [-0.1, -0.05) is 30.9 Å². The molecule has 0 aromatic heterocycles. The van der Waals surface area contributed by atoms with E-state index in [1.165, 1.54) is 11.1 Å². The summed E-state index contributed by atoms with van der Waals surface area (Å²) < 4.78 is 5.29. The molecular formula is C16H21NO2. The van der Waals surface area contributed by atoms with E-state index in [2.05, 4.69) is 24.0 Å². The number of aryl methyl sites for hydroxylation is 1. The molecule has 0 bridgehead atoms. The van der Waals surface area contributed by atoms with Gasteiger partial charge < -0.3 is 10.1 Å². The van der Waals surface area contributed by atoms with Crippen LogP contribution in [-0.4, -0.2) is 11.7 Å². The lowest BCUT2D eigenvalue weighted by molar-refractivity contribution is 0.0504. The number of alkyl carbamates (subject to hydrolysis) is 1. The summed E-state index contributed by atoms with van der Waals surface area (Å²) in [4.78, 5) is 11.8. The number of carbonyl (C=O) groups is 1. The van der Waals surface area contributed by atoms with E-state index in [1.54, 1.807) is 0 Å². The molecule has 1 amide bonds. The van der Waals surface area contributed by atoms with Crippen molar-refractivity contribution in [3.05, 3.63) is 41.5 Å². The van der Waals surface area contributed by atoms with Gasteiger partial charge in [0.1, 0.15) is 5.60 Å². The van der Waals surface area contributed by atoms with Crippen molar-refractivity contribution in [2.45, 2.75) is 45.3 Å². The molecule has 1 N–H and O–H groups in total. The molecule has 3 nitrogen and oxygen atoms in total. The maximum absolute atomic E-state index is 11.8. The Balaban J connectivity index is 2.06. The minimum Gasteiger partial charge on any atom is -0.444 e. The van der Waals surface area contributed by atoms with Gasteiger partial charge in [-0.25, -0.2) is 4.79 Å². The van der Waals surface area contributed by atoms with E-state index in [0.717, 1.165) is 18.4 Å². The van der Waals surface area contributed by atoms with E-state index < -0.39 is 5.60 Å². The van der Waals surface area contributed by atoms with Gasteiger partial charge in [0.05, 0.1) is 6.04 Å². The molecule has 0 radical (unpaired) electrons. The van der Waals surface area contributed by atoms with Gasteiger partial charge in [0.2, 0.25) is 0 Å². The fourth-order valence-corrected chi connectivity index (χ4v) is 2.36. The van der Waals surface area contributed by atoms with E-state index in [1.807, 2.05) is 32.9 Å². The monoisotopic (exact) mass is 259 g/mol. The molecule has 0 unspecified atom stereocenters. The Morgan fingerprint density at radius 3 is 2.84 bits per heavy atom. The van der Waals surface area contributed by atoms with Crippen molar-refractivity contribution in [2.24, 2.45) is 0 Å². The van der Waals surface area contributed by atoms with Crippen molar-refractivity contribution in [1.29, 1.82) is 0 Å². The molecule has 1 aromatic rings. The average molecular weight is 259 g/mol. The van der Waals surface area contributed by atoms with Crippen molar-refractivity contribution in [2.75, 3.05) is 0 Å². The Bertz CT molecular complexity index is 500.